The second-order valence-electron chi connectivity index (χ2n) is 7.96. The van der Waals surface area contributed by atoms with Gasteiger partial charge in [-0.05, 0) is 25.0 Å². The van der Waals surface area contributed by atoms with Gasteiger partial charge in [-0.1, -0.05) is 31.4 Å². The summed E-state index contributed by atoms with van der Waals surface area (Å²) in [5.41, 5.74) is 0.361. The van der Waals surface area contributed by atoms with Gasteiger partial charge in [-0.15, -0.1) is 0 Å². The average Bonchev–Trinajstić information content (AvgIpc) is 2.97. The van der Waals surface area contributed by atoms with Crippen LogP contribution in [0.25, 0.3) is 0 Å². The van der Waals surface area contributed by atoms with Crippen molar-refractivity contribution < 1.29 is 39.7 Å². The van der Waals surface area contributed by atoms with Gasteiger partial charge in [0.25, 0.3) is 0 Å². The lowest BCUT2D eigenvalue weighted by molar-refractivity contribution is -0.955. The van der Waals surface area contributed by atoms with Crippen molar-refractivity contribution in [1.82, 2.24) is 0 Å². The van der Waals surface area contributed by atoms with Gasteiger partial charge in [0.15, 0.2) is 0 Å². The molecule has 1 N–H and O–H groups in total. The molecule has 0 spiro atoms. The van der Waals surface area contributed by atoms with Crippen LogP contribution in [0.2, 0.25) is 0 Å². The summed E-state index contributed by atoms with van der Waals surface area (Å²) < 4.78 is 39.2. The van der Waals surface area contributed by atoms with E-state index < -0.39 is 11.7 Å². The highest BCUT2D eigenvalue weighted by Gasteiger charge is 2.43. The molecule has 0 amide bonds. The van der Waals surface area contributed by atoms with Crippen molar-refractivity contribution >= 4 is 0 Å². The molecule has 1 heterocycles. The first-order valence-electron chi connectivity index (χ1n) is 9.56. The van der Waals surface area contributed by atoms with Crippen LogP contribution in [-0.4, -0.2) is 35.3 Å². The molecule has 1 saturated heterocycles. The van der Waals surface area contributed by atoms with E-state index >= 15 is 0 Å². The maximum absolute atomic E-state index is 12.8. The van der Waals surface area contributed by atoms with Gasteiger partial charge in [-0.25, -0.2) is 0 Å². The highest BCUT2D eigenvalue weighted by atomic mass is 79.9. The molecule has 2 aliphatic rings. The Morgan fingerprint density at radius 2 is 1.62 bits per heavy atom. The maximum Gasteiger partial charge on any atom is 0.416 e. The summed E-state index contributed by atoms with van der Waals surface area (Å²) >= 11 is 0. The molecular weight excluding hydrogens is 407 g/mol. The SMILES string of the molecule is OC[C@@H]1CCC[N+]1(Cc1ccc(C(F)(F)F)cc1)CC1CCCCC1.[Br-]. The van der Waals surface area contributed by atoms with Crippen LogP contribution in [0.15, 0.2) is 24.3 Å². The fraction of sp³-hybridized carbons (Fsp3) is 0.700. The molecule has 1 aromatic carbocycles. The summed E-state index contributed by atoms with van der Waals surface area (Å²) in [6.45, 7) is 3.00. The molecule has 1 unspecified atom stereocenters. The highest BCUT2D eigenvalue weighted by molar-refractivity contribution is 5.24. The van der Waals surface area contributed by atoms with Crippen molar-refractivity contribution in [3.05, 3.63) is 35.4 Å². The molecule has 1 aliphatic heterocycles. The van der Waals surface area contributed by atoms with Gasteiger partial charge in [0.05, 0.1) is 25.3 Å². The lowest BCUT2D eigenvalue weighted by atomic mass is 9.88. The largest absolute Gasteiger partial charge is 1.00 e. The first kappa shape index (κ1) is 21.7. The summed E-state index contributed by atoms with van der Waals surface area (Å²) in [7, 11) is 0. The van der Waals surface area contributed by atoms with Gasteiger partial charge in [-0.2, -0.15) is 13.2 Å². The summed E-state index contributed by atoms with van der Waals surface area (Å²) in [5, 5.41) is 9.90. The fourth-order valence-corrected chi connectivity index (χ4v) is 4.92. The van der Waals surface area contributed by atoms with E-state index in [4.69, 9.17) is 0 Å². The minimum Gasteiger partial charge on any atom is -1.00 e. The van der Waals surface area contributed by atoms with Crippen LogP contribution in [-0.2, 0) is 12.7 Å². The van der Waals surface area contributed by atoms with E-state index in [9.17, 15) is 18.3 Å². The molecule has 6 heteroatoms. The van der Waals surface area contributed by atoms with Crippen molar-refractivity contribution in [3.8, 4) is 0 Å². The second-order valence-corrected chi connectivity index (χ2v) is 7.96. The minimum atomic E-state index is -4.28. The Morgan fingerprint density at radius 3 is 2.19 bits per heavy atom. The standard InChI is InChI=1S/C20H29F3NO.BrH/c21-20(22,23)18-10-8-17(9-11-18)14-24(12-4-7-19(24)15-25)13-16-5-2-1-3-6-16;/h8-11,16,19,25H,1-7,12-15H2;1H/q+1;/p-1/t19-,24?;/m0./s1. The number of halogens is 4. The van der Waals surface area contributed by atoms with Crippen LogP contribution in [0.3, 0.4) is 0 Å². The number of nitrogens with zero attached hydrogens (tertiary/aromatic N) is 1. The van der Waals surface area contributed by atoms with E-state index in [-0.39, 0.29) is 29.6 Å². The minimum absolute atomic E-state index is 0. The molecule has 2 fully saturated rings. The maximum atomic E-state index is 12.8. The van der Waals surface area contributed by atoms with Crippen molar-refractivity contribution in [2.24, 2.45) is 5.92 Å². The summed E-state index contributed by atoms with van der Waals surface area (Å²) in [6, 6.07) is 5.85. The molecular formula is C20H29BrF3NO. The van der Waals surface area contributed by atoms with Crippen LogP contribution in [0, 0.1) is 5.92 Å². The number of rotatable bonds is 5. The Kier molecular flexibility index (Phi) is 7.57. The number of likely N-dealkylation sites (tertiary alicyclic amines) is 1. The summed E-state index contributed by atoms with van der Waals surface area (Å²) in [5.74, 6) is 0.690. The quantitative estimate of drug-likeness (QED) is 0.698. The lowest BCUT2D eigenvalue weighted by Gasteiger charge is -2.43. The monoisotopic (exact) mass is 435 g/mol. The molecule has 3 rings (SSSR count). The van der Waals surface area contributed by atoms with E-state index in [0.29, 0.717) is 5.92 Å². The van der Waals surface area contributed by atoms with Gasteiger partial charge in [0.2, 0.25) is 0 Å². The topological polar surface area (TPSA) is 20.2 Å². The van der Waals surface area contributed by atoms with Gasteiger partial charge in [-0.3, -0.25) is 0 Å². The lowest BCUT2D eigenvalue weighted by Crippen LogP contribution is -3.00. The number of aliphatic hydroxyl groups excluding tert-OH is 1. The smallest absolute Gasteiger partial charge is 0.416 e. The molecule has 1 aliphatic carbocycles. The predicted molar refractivity (Wildman–Crippen MR) is 91.8 cm³/mol. The number of hydrogen-bond acceptors (Lipinski definition) is 1. The van der Waals surface area contributed by atoms with Crippen LogP contribution in [0.4, 0.5) is 13.2 Å². The highest BCUT2D eigenvalue weighted by Crippen LogP contribution is 2.36. The molecule has 0 bridgehead atoms. The van der Waals surface area contributed by atoms with E-state index in [1.54, 1.807) is 12.1 Å². The zero-order valence-corrected chi connectivity index (χ0v) is 16.7. The molecule has 0 radical (unpaired) electrons. The summed E-state index contributed by atoms with van der Waals surface area (Å²) in [4.78, 5) is 0. The normalized spacial score (nSPS) is 27.3. The second kappa shape index (κ2) is 9.07. The third-order valence-electron chi connectivity index (χ3n) is 6.25. The average molecular weight is 436 g/mol. The van der Waals surface area contributed by atoms with Gasteiger partial charge in [0.1, 0.15) is 12.6 Å². The van der Waals surface area contributed by atoms with E-state index in [1.165, 1.54) is 44.2 Å². The number of benzene rings is 1. The zero-order chi connectivity index (χ0) is 17.9. The van der Waals surface area contributed by atoms with Crippen molar-refractivity contribution in [3.63, 3.8) is 0 Å². The molecule has 1 aromatic rings. The van der Waals surface area contributed by atoms with Crippen LogP contribution in [0.1, 0.15) is 56.1 Å². The van der Waals surface area contributed by atoms with Crippen molar-refractivity contribution in [2.45, 2.75) is 63.7 Å². The predicted octanol–water partition coefficient (Wildman–Crippen LogP) is 1.76. The zero-order valence-electron chi connectivity index (χ0n) is 15.1. The van der Waals surface area contributed by atoms with Crippen LogP contribution >= 0.6 is 0 Å². The van der Waals surface area contributed by atoms with Gasteiger partial charge >= 0.3 is 6.18 Å². The van der Waals surface area contributed by atoms with Gasteiger partial charge in [0, 0.05) is 24.3 Å². The molecule has 26 heavy (non-hydrogen) atoms. The molecule has 0 aromatic heterocycles. The Hall–Kier alpha value is -0.590. The van der Waals surface area contributed by atoms with E-state index in [2.05, 4.69) is 0 Å². The Labute approximate surface area is 164 Å². The molecule has 2 atom stereocenters. The van der Waals surface area contributed by atoms with E-state index in [1.807, 2.05) is 0 Å². The van der Waals surface area contributed by atoms with Gasteiger partial charge < -0.3 is 26.6 Å². The third-order valence-corrected chi connectivity index (χ3v) is 6.25. The number of quaternary nitrogens is 1. The van der Waals surface area contributed by atoms with Crippen LogP contribution < -0.4 is 17.0 Å². The first-order valence-corrected chi connectivity index (χ1v) is 9.56. The Bertz CT molecular complexity index is 557. The molecule has 1 saturated carbocycles. The number of alkyl halides is 3. The first-order chi connectivity index (χ1) is 11.9. The Balaban J connectivity index is 0.00000243. The number of aliphatic hydroxyl groups is 1. The molecule has 2 nitrogen and oxygen atoms in total. The van der Waals surface area contributed by atoms with Crippen molar-refractivity contribution in [1.29, 1.82) is 0 Å². The number of hydrogen-bond donors (Lipinski definition) is 1. The van der Waals surface area contributed by atoms with Crippen molar-refractivity contribution in [2.75, 3.05) is 19.7 Å². The van der Waals surface area contributed by atoms with Crippen LogP contribution in [0.5, 0.6) is 0 Å². The summed E-state index contributed by atoms with van der Waals surface area (Å²) in [6.07, 6.45) is 4.23. The Morgan fingerprint density at radius 1 is 0.962 bits per heavy atom. The third kappa shape index (κ3) is 5.02. The molecule has 148 valence electrons. The van der Waals surface area contributed by atoms with E-state index in [0.717, 1.165) is 42.5 Å². The fourth-order valence-electron chi connectivity index (χ4n) is 4.92.